The van der Waals surface area contributed by atoms with Gasteiger partial charge in [0, 0.05) is 43.1 Å². The number of nitriles is 1. The molecule has 0 N–H and O–H groups in total. The number of carbonyl (C=O) groups is 1. The smallest absolute Gasteiger partial charge is 0.248 e. The summed E-state index contributed by atoms with van der Waals surface area (Å²) in [5.41, 5.74) is 0.342. The van der Waals surface area contributed by atoms with Gasteiger partial charge in [-0.25, -0.2) is 9.37 Å². The van der Waals surface area contributed by atoms with Gasteiger partial charge >= 0.3 is 0 Å². The summed E-state index contributed by atoms with van der Waals surface area (Å²) in [5.74, 6) is 0.416. The Morgan fingerprint density at radius 3 is 2.60 bits per heavy atom. The standard InChI is InChI=1S/C22H22FN5O2/c23-19-11-25-8-5-18(19)22(6-7-22)30-14-21(29)27-12-16-2-3-17(13-27)28(16)20-4-1-15(9-24)10-26-20/h1,4-5,8,10-11,16-17H,2-3,6-7,12-14H2/t16-,17?/m0/s1. The van der Waals surface area contributed by atoms with Gasteiger partial charge in [0.15, 0.2) is 0 Å². The molecule has 2 aromatic heterocycles. The van der Waals surface area contributed by atoms with Gasteiger partial charge in [0.05, 0.1) is 17.4 Å². The lowest BCUT2D eigenvalue weighted by atomic mass is 10.1. The third kappa shape index (κ3) is 3.29. The van der Waals surface area contributed by atoms with Crippen molar-refractivity contribution in [1.29, 1.82) is 5.26 Å². The lowest BCUT2D eigenvalue weighted by Gasteiger charge is -2.41. The van der Waals surface area contributed by atoms with Gasteiger partial charge < -0.3 is 14.5 Å². The van der Waals surface area contributed by atoms with Crippen molar-refractivity contribution in [2.45, 2.75) is 43.4 Å². The fourth-order valence-electron chi connectivity index (χ4n) is 4.73. The second-order valence-corrected chi connectivity index (χ2v) is 8.25. The molecule has 1 amide bonds. The van der Waals surface area contributed by atoms with E-state index in [0.717, 1.165) is 18.7 Å². The van der Waals surface area contributed by atoms with Crippen molar-refractivity contribution in [1.82, 2.24) is 14.9 Å². The van der Waals surface area contributed by atoms with Crippen LogP contribution in [0.1, 0.15) is 36.8 Å². The lowest BCUT2D eigenvalue weighted by Crippen LogP contribution is -2.56. The van der Waals surface area contributed by atoms with E-state index in [0.29, 0.717) is 37.1 Å². The van der Waals surface area contributed by atoms with Crippen molar-refractivity contribution in [2.75, 3.05) is 24.6 Å². The summed E-state index contributed by atoms with van der Waals surface area (Å²) in [6.45, 7) is 1.20. The summed E-state index contributed by atoms with van der Waals surface area (Å²) in [6, 6.07) is 7.80. The van der Waals surface area contributed by atoms with Crippen LogP contribution in [0.5, 0.6) is 0 Å². The largest absolute Gasteiger partial charge is 0.360 e. The van der Waals surface area contributed by atoms with E-state index >= 15 is 0 Å². The maximum absolute atomic E-state index is 14.1. The zero-order chi connectivity index (χ0) is 20.7. The molecule has 7 nitrogen and oxygen atoms in total. The third-order valence-corrected chi connectivity index (χ3v) is 6.42. The molecule has 1 unspecified atom stereocenters. The number of likely N-dealkylation sites (tertiary alicyclic amines) is 1. The number of nitrogens with zero attached hydrogens (tertiary/aromatic N) is 5. The van der Waals surface area contributed by atoms with E-state index in [2.05, 4.69) is 20.9 Å². The normalized spacial score (nSPS) is 23.9. The molecular formula is C22H22FN5O2. The predicted molar refractivity (Wildman–Crippen MR) is 106 cm³/mol. The van der Waals surface area contributed by atoms with E-state index in [-0.39, 0.29) is 30.4 Å². The SMILES string of the molecule is N#Cc1ccc(N2C3CC[C@H]2CN(C(=O)COC2(c4ccncc4F)CC2)C3)nc1. The lowest BCUT2D eigenvalue weighted by molar-refractivity contribution is -0.140. The van der Waals surface area contributed by atoms with Crippen molar-refractivity contribution in [3.8, 4) is 6.07 Å². The number of rotatable bonds is 5. The molecule has 3 aliphatic rings. The van der Waals surface area contributed by atoms with E-state index in [1.54, 1.807) is 24.5 Å². The maximum atomic E-state index is 14.1. The Hall–Kier alpha value is -3.05. The van der Waals surface area contributed by atoms with Gasteiger partial charge in [-0.15, -0.1) is 0 Å². The van der Waals surface area contributed by atoms with Gasteiger partial charge in [0.25, 0.3) is 0 Å². The molecule has 1 aliphatic carbocycles. The fraction of sp³-hybridized carbons (Fsp3) is 0.455. The van der Waals surface area contributed by atoms with Crippen molar-refractivity contribution in [2.24, 2.45) is 0 Å². The number of hydrogen-bond acceptors (Lipinski definition) is 6. The average Bonchev–Trinajstić information content (AvgIpc) is 3.51. The number of halogens is 1. The minimum Gasteiger partial charge on any atom is -0.360 e. The number of aromatic nitrogens is 2. The zero-order valence-electron chi connectivity index (χ0n) is 16.5. The molecule has 4 heterocycles. The molecule has 2 aromatic rings. The molecule has 0 radical (unpaired) electrons. The van der Waals surface area contributed by atoms with Crippen LogP contribution in [0.2, 0.25) is 0 Å². The summed E-state index contributed by atoms with van der Waals surface area (Å²) in [5, 5.41) is 8.97. The van der Waals surface area contributed by atoms with E-state index in [1.807, 2.05) is 11.0 Å². The predicted octanol–water partition coefficient (Wildman–Crippen LogP) is 2.37. The molecule has 2 bridgehead atoms. The van der Waals surface area contributed by atoms with E-state index in [9.17, 15) is 9.18 Å². The molecule has 2 saturated heterocycles. The highest BCUT2D eigenvalue weighted by atomic mass is 19.1. The van der Waals surface area contributed by atoms with Crippen LogP contribution in [-0.4, -0.2) is 52.6 Å². The first kappa shape index (κ1) is 18.9. The van der Waals surface area contributed by atoms with E-state index in [4.69, 9.17) is 10.00 Å². The molecular weight excluding hydrogens is 385 g/mol. The minimum absolute atomic E-state index is 0.0453. The Morgan fingerprint density at radius 2 is 2.00 bits per heavy atom. The maximum Gasteiger partial charge on any atom is 0.248 e. The van der Waals surface area contributed by atoms with Crippen LogP contribution < -0.4 is 4.90 Å². The number of piperazine rings is 1. The number of fused-ring (bicyclic) bond motifs is 2. The van der Waals surface area contributed by atoms with Gasteiger partial charge in [-0.3, -0.25) is 9.78 Å². The Kier molecular flexibility index (Phi) is 4.63. The molecule has 5 rings (SSSR count). The highest BCUT2D eigenvalue weighted by molar-refractivity contribution is 5.78. The van der Waals surface area contributed by atoms with Crippen molar-refractivity contribution in [3.05, 3.63) is 53.7 Å². The number of hydrogen-bond donors (Lipinski definition) is 0. The molecule has 2 atom stereocenters. The number of anilines is 1. The van der Waals surface area contributed by atoms with Crippen LogP contribution in [0.25, 0.3) is 0 Å². The third-order valence-electron chi connectivity index (χ3n) is 6.42. The van der Waals surface area contributed by atoms with Gasteiger partial charge in [-0.2, -0.15) is 5.26 Å². The van der Waals surface area contributed by atoms with Gasteiger partial charge in [0.2, 0.25) is 5.91 Å². The molecule has 8 heteroatoms. The summed E-state index contributed by atoms with van der Waals surface area (Å²) in [4.78, 5) is 25.2. The monoisotopic (exact) mass is 407 g/mol. The summed E-state index contributed by atoms with van der Waals surface area (Å²) < 4.78 is 20.0. The van der Waals surface area contributed by atoms with Gasteiger partial charge in [0.1, 0.15) is 24.3 Å². The Bertz CT molecular complexity index is 987. The molecule has 1 saturated carbocycles. The Morgan fingerprint density at radius 1 is 1.23 bits per heavy atom. The number of ether oxygens (including phenoxy) is 1. The van der Waals surface area contributed by atoms with Crippen molar-refractivity contribution < 1.29 is 13.9 Å². The first-order chi connectivity index (χ1) is 14.6. The van der Waals surface area contributed by atoms with Crippen LogP contribution in [-0.2, 0) is 15.1 Å². The first-order valence-corrected chi connectivity index (χ1v) is 10.3. The van der Waals surface area contributed by atoms with Crippen molar-refractivity contribution >= 4 is 11.7 Å². The summed E-state index contributed by atoms with van der Waals surface area (Å²) in [7, 11) is 0. The molecule has 0 spiro atoms. The first-order valence-electron chi connectivity index (χ1n) is 10.3. The van der Waals surface area contributed by atoms with Crippen LogP contribution in [0.4, 0.5) is 10.2 Å². The molecule has 2 aliphatic heterocycles. The fourth-order valence-corrected chi connectivity index (χ4v) is 4.73. The molecule has 30 heavy (non-hydrogen) atoms. The Labute approximate surface area is 174 Å². The van der Waals surface area contributed by atoms with Crippen LogP contribution in [0, 0.1) is 17.1 Å². The minimum atomic E-state index is -0.685. The quantitative estimate of drug-likeness (QED) is 0.757. The second kappa shape index (κ2) is 7.33. The average molecular weight is 407 g/mol. The van der Waals surface area contributed by atoms with E-state index < -0.39 is 5.60 Å². The zero-order valence-corrected chi connectivity index (χ0v) is 16.5. The van der Waals surface area contributed by atoms with Crippen molar-refractivity contribution in [3.63, 3.8) is 0 Å². The van der Waals surface area contributed by atoms with Crippen LogP contribution >= 0.6 is 0 Å². The van der Waals surface area contributed by atoms with E-state index in [1.165, 1.54) is 6.20 Å². The highest BCUT2D eigenvalue weighted by Gasteiger charge is 2.49. The topological polar surface area (TPSA) is 82.4 Å². The number of pyridine rings is 2. The second-order valence-electron chi connectivity index (χ2n) is 8.25. The summed E-state index contributed by atoms with van der Waals surface area (Å²) in [6.07, 6.45) is 7.77. The Balaban J connectivity index is 1.23. The van der Waals surface area contributed by atoms with Gasteiger partial charge in [-0.05, 0) is 43.9 Å². The van der Waals surface area contributed by atoms with Crippen LogP contribution in [0.15, 0.2) is 36.8 Å². The van der Waals surface area contributed by atoms with Gasteiger partial charge in [-0.1, -0.05) is 0 Å². The summed E-state index contributed by atoms with van der Waals surface area (Å²) >= 11 is 0. The molecule has 154 valence electrons. The number of amides is 1. The number of carbonyl (C=O) groups excluding carboxylic acids is 1. The van der Waals surface area contributed by atoms with Crippen LogP contribution in [0.3, 0.4) is 0 Å². The molecule has 0 aromatic carbocycles. The molecule has 3 fully saturated rings. The highest BCUT2D eigenvalue weighted by Crippen LogP contribution is 2.50.